The minimum atomic E-state index is -4.54. The standard InChI is InChI=1S/C6H6F3N3O/c7-6(8,9)3-1-4(12-10)11-5(13)2-3/h1-2H,10H2,(H2,11,12,13). The van der Waals surface area contributed by atoms with Crippen LogP contribution in [0, 0.1) is 0 Å². The van der Waals surface area contributed by atoms with E-state index in [1.54, 1.807) is 0 Å². The number of hydrazine groups is 1. The number of nitrogens with one attached hydrogen (secondary N) is 2. The summed E-state index contributed by atoms with van der Waals surface area (Å²) in [6.45, 7) is 0. The summed E-state index contributed by atoms with van der Waals surface area (Å²) < 4.78 is 36.2. The molecule has 1 rings (SSSR count). The second kappa shape index (κ2) is 3.09. The Bertz CT molecular complexity index is 357. The van der Waals surface area contributed by atoms with E-state index in [9.17, 15) is 18.0 Å². The smallest absolute Gasteiger partial charge is 0.310 e. The van der Waals surface area contributed by atoms with Gasteiger partial charge in [-0.1, -0.05) is 0 Å². The molecule has 0 saturated heterocycles. The summed E-state index contributed by atoms with van der Waals surface area (Å²) in [5.74, 6) is 4.66. The Morgan fingerprint density at radius 3 is 2.46 bits per heavy atom. The lowest BCUT2D eigenvalue weighted by Gasteiger charge is -2.07. The predicted octanol–water partition coefficient (Wildman–Crippen LogP) is 0.679. The van der Waals surface area contributed by atoms with Crippen LogP contribution in [0.15, 0.2) is 16.9 Å². The Morgan fingerprint density at radius 2 is 2.00 bits per heavy atom. The Labute approximate surface area is 70.5 Å². The molecule has 1 aromatic heterocycles. The first-order chi connectivity index (χ1) is 5.93. The molecule has 0 aromatic carbocycles. The number of hydrogen-bond acceptors (Lipinski definition) is 3. The number of aromatic amines is 1. The number of H-pyrrole nitrogens is 1. The zero-order chi connectivity index (χ0) is 10.1. The Kier molecular flexibility index (Phi) is 2.28. The molecule has 0 aliphatic heterocycles. The third-order valence-electron chi connectivity index (χ3n) is 1.33. The molecule has 4 N–H and O–H groups in total. The summed E-state index contributed by atoms with van der Waals surface area (Å²) in [5.41, 5.74) is 0.0284. The van der Waals surface area contributed by atoms with E-state index in [-0.39, 0.29) is 5.82 Å². The largest absolute Gasteiger partial charge is 0.416 e. The van der Waals surface area contributed by atoms with E-state index < -0.39 is 17.3 Å². The van der Waals surface area contributed by atoms with Gasteiger partial charge in [0, 0.05) is 6.07 Å². The van der Waals surface area contributed by atoms with Crippen LogP contribution >= 0.6 is 0 Å². The second-order valence-electron chi connectivity index (χ2n) is 2.29. The summed E-state index contributed by atoms with van der Waals surface area (Å²) in [4.78, 5) is 12.7. The highest BCUT2D eigenvalue weighted by molar-refractivity contribution is 5.36. The molecule has 0 fully saturated rings. The van der Waals surface area contributed by atoms with Gasteiger partial charge in [0.05, 0.1) is 5.56 Å². The van der Waals surface area contributed by atoms with Gasteiger partial charge in [0.2, 0.25) is 5.56 Å². The average Bonchev–Trinajstić information content (AvgIpc) is 2.01. The van der Waals surface area contributed by atoms with E-state index in [1.165, 1.54) is 0 Å². The Balaban J connectivity index is 3.24. The van der Waals surface area contributed by atoms with Crippen molar-refractivity contribution in [3.05, 3.63) is 28.0 Å². The quantitative estimate of drug-likeness (QED) is 0.453. The van der Waals surface area contributed by atoms with Crippen LogP contribution in [-0.2, 0) is 6.18 Å². The highest BCUT2D eigenvalue weighted by Gasteiger charge is 2.31. The maximum Gasteiger partial charge on any atom is 0.416 e. The molecule has 0 bridgehead atoms. The minimum Gasteiger partial charge on any atom is -0.310 e. The fourth-order valence-electron chi connectivity index (χ4n) is 0.785. The topological polar surface area (TPSA) is 70.9 Å². The summed E-state index contributed by atoms with van der Waals surface area (Å²) in [6, 6.07) is 1.17. The van der Waals surface area contributed by atoms with Crippen molar-refractivity contribution >= 4 is 5.82 Å². The maximum absolute atomic E-state index is 12.1. The minimum absolute atomic E-state index is 0.181. The number of anilines is 1. The molecule has 4 nitrogen and oxygen atoms in total. The summed E-state index contributed by atoms with van der Waals surface area (Å²) in [5, 5.41) is 0. The first-order valence-corrected chi connectivity index (χ1v) is 3.21. The van der Waals surface area contributed by atoms with Crippen molar-refractivity contribution in [2.75, 3.05) is 5.43 Å². The van der Waals surface area contributed by atoms with Gasteiger partial charge in [-0.3, -0.25) is 4.79 Å². The Morgan fingerprint density at radius 1 is 1.38 bits per heavy atom. The fraction of sp³-hybridized carbons (Fsp3) is 0.167. The monoisotopic (exact) mass is 193 g/mol. The number of pyridine rings is 1. The third-order valence-corrected chi connectivity index (χ3v) is 1.33. The van der Waals surface area contributed by atoms with Gasteiger partial charge in [0.15, 0.2) is 0 Å². The van der Waals surface area contributed by atoms with Crippen LogP contribution in [0.4, 0.5) is 19.0 Å². The molecule has 0 aliphatic rings. The molecule has 13 heavy (non-hydrogen) atoms. The number of hydrogen-bond donors (Lipinski definition) is 3. The zero-order valence-electron chi connectivity index (χ0n) is 6.27. The molecule has 0 aliphatic carbocycles. The normalized spacial score (nSPS) is 11.4. The van der Waals surface area contributed by atoms with Gasteiger partial charge in [-0.15, -0.1) is 0 Å². The van der Waals surface area contributed by atoms with Crippen LogP contribution in [0.2, 0.25) is 0 Å². The molecule has 0 spiro atoms. The lowest BCUT2D eigenvalue weighted by Crippen LogP contribution is -2.18. The van der Waals surface area contributed by atoms with E-state index in [2.05, 4.69) is 4.98 Å². The van der Waals surface area contributed by atoms with E-state index >= 15 is 0 Å². The van der Waals surface area contributed by atoms with Crippen molar-refractivity contribution in [2.45, 2.75) is 6.18 Å². The molecule has 7 heteroatoms. The molecule has 1 heterocycles. The van der Waals surface area contributed by atoms with Gasteiger partial charge in [-0.2, -0.15) is 13.2 Å². The predicted molar refractivity (Wildman–Crippen MR) is 39.9 cm³/mol. The number of aromatic nitrogens is 1. The molecular weight excluding hydrogens is 187 g/mol. The number of nitrogens with two attached hydrogens (primary N) is 1. The van der Waals surface area contributed by atoms with Crippen LogP contribution in [0.5, 0.6) is 0 Å². The van der Waals surface area contributed by atoms with E-state index in [4.69, 9.17) is 5.84 Å². The van der Waals surface area contributed by atoms with Crippen molar-refractivity contribution in [2.24, 2.45) is 5.84 Å². The second-order valence-corrected chi connectivity index (χ2v) is 2.29. The van der Waals surface area contributed by atoms with Crippen molar-refractivity contribution in [1.82, 2.24) is 4.98 Å². The van der Waals surface area contributed by atoms with Crippen LogP contribution in [0.25, 0.3) is 0 Å². The molecule has 0 atom stereocenters. The van der Waals surface area contributed by atoms with Gasteiger partial charge >= 0.3 is 6.18 Å². The SMILES string of the molecule is NNc1cc(C(F)(F)F)cc(=O)[nH]1. The van der Waals surface area contributed by atoms with Gasteiger partial charge in [-0.25, -0.2) is 5.84 Å². The third kappa shape index (κ3) is 2.22. The van der Waals surface area contributed by atoms with Gasteiger partial charge in [0.1, 0.15) is 5.82 Å². The number of alkyl halides is 3. The van der Waals surface area contributed by atoms with Crippen LogP contribution < -0.4 is 16.8 Å². The Hall–Kier alpha value is -1.50. The molecular formula is C6H6F3N3O. The van der Waals surface area contributed by atoms with E-state index in [1.807, 2.05) is 5.43 Å². The van der Waals surface area contributed by atoms with Gasteiger partial charge in [-0.05, 0) is 6.07 Å². The molecule has 0 amide bonds. The highest BCUT2D eigenvalue weighted by atomic mass is 19.4. The lowest BCUT2D eigenvalue weighted by atomic mass is 10.2. The lowest BCUT2D eigenvalue weighted by molar-refractivity contribution is -0.137. The first kappa shape index (κ1) is 9.59. The van der Waals surface area contributed by atoms with Crippen molar-refractivity contribution in [1.29, 1.82) is 0 Å². The number of halogens is 3. The average molecular weight is 193 g/mol. The summed E-state index contributed by atoms with van der Waals surface area (Å²) in [7, 11) is 0. The van der Waals surface area contributed by atoms with Crippen LogP contribution in [0.1, 0.15) is 5.56 Å². The van der Waals surface area contributed by atoms with Gasteiger partial charge < -0.3 is 10.4 Å². The molecule has 0 radical (unpaired) electrons. The van der Waals surface area contributed by atoms with Crippen LogP contribution in [0.3, 0.4) is 0 Å². The van der Waals surface area contributed by atoms with Gasteiger partial charge in [0.25, 0.3) is 0 Å². The van der Waals surface area contributed by atoms with E-state index in [0.29, 0.717) is 12.1 Å². The van der Waals surface area contributed by atoms with Crippen molar-refractivity contribution in [3.63, 3.8) is 0 Å². The van der Waals surface area contributed by atoms with E-state index in [0.717, 1.165) is 0 Å². The molecule has 72 valence electrons. The van der Waals surface area contributed by atoms with Crippen molar-refractivity contribution in [3.8, 4) is 0 Å². The molecule has 0 unspecified atom stereocenters. The summed E-state index contributed by atoms with van der Waals surface area (Å²) in [6.07, 6.45) is -4.54. The molecule has 1 aromatic rings. The maximum atomic E-state index is 12.1. The summed E-state index contributed by atoms with van der Waals surface area (Å²) >= 11 is 0. The molecule has 0 saturated carbocycles. The first-order valence-electron chi connectivity index (χ1n) is 3.21. The number of rotatable bonds is 1. The fourth-order valence-corrected chi connectivity index (χ4v) is 0.785. The number of nitrogen functional groups attached to an aromatic ring is 1. The van der Waals surface area contributed by atoms with Crippen LogP contribution in [-0.4, -0.2) is 4.98 Å². The zero-order valence-corrected chi connectivity index (χ0v) is 6.27. The highest BCUT2D eigenvalue weighted by Crippen LogP contribution is 2.28. The van der Waals surface area contributed by atoms with Crippen molar-refractivity contribution < 1.29 is 13.2 Å².